The molecule has 0 saturated heterocycles. The van der Waals surface area contributed by atoms with Crippen molar-refractivity contribution in [1.82, 2.24) is 0 Å². The van der Waals surface area contributed by atoms with Gasteiger partial charge in [-0.05, 0) is 26.0 Å². The Hall–Kier alpha value is -0.670. The lowest BCUT2D eigenvalue weighted by Gasteiger charge is -2.18. The maximum Gasteiger partial charge on any atom is 0.337 e. The van der Waals surface area contributed by atoms with Gasteiger partial charge in [0.05, 0.1) is 6.61 Å². The number of benzene rings is 1. The SMILES string of the molecule is CCOC(=O)C(C)(Cl)Sc1ccccc1. The average molecular weight is 245 g/mol. The lowest BCUT2D eigenvalue weighted by atomic mass is 10.4. The molecule has 1 unspecified atom stereocenters. The average Bonchev–Trinajstić information content (AvgIpc) is 2.19. The van der Waals surface area contributed by atoms with E-state index in [1.165, 1.54) is 11.8 Å². The Morgan fingerprint density at radius 1 is 1.47 bits per heavy atom. The van der Waals surface area contributed by atoms with Crippen LogP contribution in [0.25, 0.3) is 0 Å². The van der Waals surface area contributed by atoms with Gasteiger partial charge in [-0.15, -0.1) is 0 Å². The Morgan fingerprint density at radius 2 is 2.07 bits per heavy atom. The zero-order chi connectivity index (χ0) is 11.3. The third-order valence-corrected chi connectivity index (χ3v) is 3.14. The summed E-state index contributed by atoms with van der Waals surface area (Å²) >= 11 is 7.37. The first kappa shape index (κ1) is 12.4. The highest BCUT2D eigenvalue weighted by Crippen LogP contribution is 2.36. The maximum absolute atomic E-state index is 11.5. The van der Waals surface area contributed by atoms with Crippen LogP contribution in [0, 0.1) is 0 Å². The lowest BCUT2D eigenvalue weighted by molar-refractivity contribution is -0.143. The standard InChI is InChI=1S/C11H13ClO2S/c1-3-14-10(13)11(2,12)15-9-7-5-4-6-8-9/h4-8H,3H2,1-2H3. The topological polar surface area (TPSA) is 26.3 Å². The highest BCUT2D eigenvalue weighted by Gasteiger charge is 2.33. The van der Waals surface area contributed by atoms with Gasteiger partial charge >= 0.3 is 5.97 Å². The number of esters is 1. The molecule has 0 bridgehead atoms. The summed E-state index contributed by atoms with van der Waals surface area (Å²) in [6, 6.07) is 9.54. The van der Waals surface area contributed by atoms with Gasteiger partial charge in [0.1, 0.15) is 0 Å². The zero-order valence-corrected chi connectivity index (χ0v) is 10.3. The number of carbonyl (C=O) groups is 1. The Bertz CT molecular complexity index is 325. The van der Waals surface area contributed by atoms with Crippen LogP contribution < -0.4 is 0 Å². The molecule has 0 aliphatic carbocycles. The number of carbonyl (C=O) groups excluding carboxylic acids is 1. The van der Waals surface area contributed by atoms with E-state index >= 15 is 0 Å². The first-order chi connectivity index (χ1) is 7.06. The molecule has 4 heteroatoms. The smallest absolute Gasteiger partial charge is 0.337 e. The predicted octanol–water partition coefficient (Wildman–Crippen LogP) is 3.30. The molecule has 82 valence electrons. The Kier molecular flexibility index (Phi) is 4.48. The van der Waals surface area contributed by atoms with E-state index in [1.54, 1.807) is 13.8 Å². The summed E-state index contributed by atoms with van der Waals surface area (Å²) in [6.07, 6.45) is 0. The fourth-order valence-electron chi connectivity index (χ4n) is 1.01. The summed E-state index contributed by atoms with van der Waals surface area (Å²) in [5.74, 6) is -0.402. The number of halogens is 1. The minimum Gasteiger partial charge on any atom is -0.464 e. The van der Waals surface area contributed by atoms with Crippen LogP contribution in [-0.2, 0) is 9.53 Å². The number of hydrogen-bond donors (Lipinski definition) is 0. The van der Waals surface area contributed by atoms with Crippen LogP contribution in [0.5, 0.6) is 0 Å². The van der Waals surface area contributed by atoms with Crippen molar-refractivity contribution in [1.29, 1.82) is 0 Å². The maximum atomic E-state index is 11.5. The molecule has 15 heavy (non-hydrogen) atoms. The second-order valence-electron chi connectivity index (χ2n) is 3.05. The second kappa shape index (κ2) is 5.42. The minimum absolute atomic E-state index is 0.344. The molecule has 1 aromatic carbocycles. The summed E-state index contributed by atoms with van der Waals surface area (Å²) in [5, 5.41) is 0. The van der Waals surface area contributed by atoms with E-state index in [9.17, 15) is 4.79 Å². The summed E-state index contributed by atoms with van der Waals surface area (Å²) in [4.78, 5) is 12.4. The molecule has 1 atom stereocenters. The van der Waals surface area contributed by atoms with E-state index in [4.69, 9.17) is 16.3 Å². The van der Waals surface area contributed by atoms with E-state index in [-0.39, 0.29) is 0 Å². The van der Waals surface area contributed by atoms with Crippen molar-refractivity contribution >= 4 is 29.3 Å². The normalized spacial score (nSPS) is 14.3. The number of rotatable bonds is 4. The van der Waals surface area contributed by atoms with Crippen molar-refractivity contribution in [3.63, 3.8) is 0 Å². The summed E-state index contributed by atoms with van der Waals surface area (Å²) < 4.78 is 3.83. The molecule has 1 rings (SSSR count). The van der Waals surface area contributed by atoms with Gasteiger partial charge in [-0.3, -0.25) is 0 Å². The van der Waals surface area contributed by atoms with Gasteiger partial charge in [-0.1, -0.05) is 41.6 Å². The van der Waals surface area contributed by atoms with E-state index in [0.29, 0.717) is 6.61 Å². The van der Waals surface area contributed by atoms with Crippen molar-refractivity contribution < 1.29 is 9.53 Å². The molecule has 0 fully saturated rings. The summed E-state index contributed by atoms with van der Waals surface area (Å²) in [6.45, 7) is 3.75. The minimum atomic E-state index is -1.06. The third-order valence-electron chi connectivity index (χ3n) is 1.69. The van der Waals surface area contributed by atoms with Crippen LogP contribution in [0.1, 0.15) is 13.8 Å². The van der Waals surface area contributed by atoms with E-state index in [1.807, 2.05) is 30.3 Å². The Morgan fingerprint density at radius 3 is 2.60 bits per heavy atom. The quantitative estimate of drug-likeness (QED) is 0.462. The van der Waals surface area contributed by atoms with Crippen molar-refractivity contribution in [3.8, 4) is 0 Å². The van der Waals surface area contributed by atoms with Crippen LogP contribution in [-0.4, -0.2) is 16.8 Å². The van der Waals surface area contributed by atoms with Crippen molar-refractivity contribution in [2.24, 2.45) is 0 Å². The van der Waals surface area contributed by atoms with Crippen LogP contribution in [0.15, 0.2) is 35.2 Å². The Labute approximate surface area is 99.0 Å². The summed E-state index contributed by atoms with van der Waals surface area (Å²) in [5.41, 5.74) is 0. The van der Waals surface area contributed by atoms with Crippen molar-refractivity contribution in [3.05, 3.63) is 30.3 Å². The highest BCUT2D eigenvalue weighted by molar-refractivity contribution is 8.02. The Balaban J connectivity index is 2.68. The van der Waals surface area contributed by atoms with Gasteiger partial charge in [-0.2, -0.15) is 0 Å². The number of alkyl halides is 1. The molecular weight excluding hydrogens is 232 g/mol. The van der Waals surface area contributed by atoms with Crippen LogP contribution in [0.2, 0.25) is 0 Å². The highest BCUT2D eigenvalue weighted by atomic mass is 35.5. The molecule has 0 amide bonds. The second-order valence-corrected chi connectivity index (χ2v) is 5.52. The molecule has 0 spiro atoms. The lowest BCUT2D eigenvalue weighted by Crippen LogP contribution is -2.27. The van der Waals surface area contributed by atoms with Crippen LogP contribution in [0.4, 0.5) is 0 Å². The largest absolute Gasteiger partial charge is 0.464 e. The van der Waals surface area contributed by atoms with E-state index < -0.39 is 10.2 Å². The molecule has 0 radical (unpaired) electrons. The molecule has 0 N–H and O–H groups in total. The van der Waals surface area contributed by atoms with Gasteiger partial charge in [0.25, 0.3) is 0 Å². The molecule has 0 saturated carbocycles. The number of hydrogen-bond acceptors (Lipinski definition) is 3. The monoisotopic (exact) mass is 244 g/mol. The van der Waals surface area contributed by atoms with Gasteiger partial charge in [0.2, 0.25) is 0 Å². The van der Waals surface area contributed by atoms with Gasteiger partial charge in [-0.25, -0.2) is 4.79 Å². The third kappa shape index (κ3) is 3.76. The molecule has 0 aliphatic rings. The first-order valence-electron chi connectivity index (χ1n) is 4.66. The molecule has 0 aliphatic heterocycles. The van der Waals surface area contributed by atoms with E-state index in [0.717, 1.165) is 4.90 Å². The zero-order valence-electron chi connectivity index (χ0n) is 8.70. The van der Waals surface area contributed by atoms with Crippen LogP contribution in [0.3, 0.4) is 0 Å². The number of ether oxygens (including phenoxy) is 1. The molecule has 2 nitrogen and oxygen atoms in total. The van der Waals surface area contributed by atoms with Crippen LogP contribution >= 0.6 is 23.4 Å². The molecule has 0 aromatic heterocycles. The van der Waals surface area contributed by atoms with Gasteiger partial charge < -0.3 is 4.74 Å². The van der Waals surface area contributed by atoms with Gasteiger partial charge in [0, 0.05) is 4.90 Å². The van der Waals surface area contributed by atoms with Crippen molar-refractivity contribution in [2.75, 3.05) is 6.61 Å². The predicted molar refractivity (Wildman–Crippen MR) is 63.2 cm³/mol. The van der Waals surface area contributed by atoms with E-state index in [2.05, 4.69) is 0 Å². The first-order valence-corrected chi connectivity index (χ1v) is 5.86. The fourth-order valence-corrected chi connectivity index (χ4v) is 2.21. The summed E-state index contributed by atoms with van der Waals surface area (Å²) in [7, 11) is 0. The molecule has 1 aromatic rings. The molecular formula is C11H13ClO2S. The molecule has 0 heterocycles. The van der Waals surface area contributed by atoms with Crippen molar-refractivity contribution in [2.45, 2.75) is 22.9 Å². The fraction of sp³-hybridized carbons (Fsp3) is 0.364. The van der Waals surface area contributed by atoms with Gasteiger partial charge in [0.15, 0.2) is 4.21 Å². The number of thioether (sulfide) groups is 1.